The summed E-state index contributed by atoms with van der Waals surface area (Å²) in [5.74, 6) is 0. The van der Waals surface area contributed by atoms with Crippen LogP contribution in [0.25, 0.3) is 0 Å². The fraction of sp³-hybridized carbons (Fsp3) is 0.750. The van der Waals surface area contributed by atoms with Crippen molar-refractivity contribution in [2.45, 2.75) is 51.8 Å². The largest absolute Gasteiger partial charge is 0.382 e. The Kier molecular flexibility index (Phi) is 5.43. The molecule has 0 fully saturated rings. The zero-order chi connectivity index (χ0) is 13.0. The Bertz CT molecular complexity index is 352. The van der Waals surface area contributed by atoms with Crippen LogP contribution in [0, 0.1) is 0 Å². The highest BCUT2D eigenvalue weighted by Gasteiger charge is 2.19. The van der Waals surface area contributed by atoms with Crippen molar-refractivity contribution < 1.29 is 4.74 Å². The molecule has 0 radical (unpaired) electrons. The van der Waals surface area contributed by atoms with Crippen LogP contribution in [-0.4, -0.2) is 23.0 Å². The highest BCUT2D eigenvalue weighted by Crippen LogP contribution is 2.27. The van der Waals surface area contributed by atoms with Gasteiger partial charge in [-0.25, -0.2) is 0 Å². The van der Waals surface area contributed by atoms with Crippen LogP contribution in [0.15, 0.2) is 6.20 Å². The summed E-state index contributed by atoms with van der Waals surface area (Å²) >= 11 is 6.14. The molecule has 2 unspecified atom stereocenters. The Morgan fingerprint density at radius 3 is 2.59 bits per heavy atom. The number of ether oxygens (including phenoxy) is 1. The van der Waals surface area contributed by atoms with Gasteiger partial charge in [0, 0.05) is 19.2 Å². The predicted octanol–water partition coefficient (Wildman–Crippen LogP) is 2.93. The molecule has 0 saturated heterocycles. The van der Waals surface area contributed by atoms with Crippen molar-refractivity contribution in [2.75, 3.05) is 7.11 Å². The first kappa shape index (κ1) is 14.5. The Morgan fingerprint density at radius 2 is 2.06 bits per heavy atom. The lowest BCUT2D eigenvalue weighted by molar-refractivity contribution is 0.107. The summed E-state index contributed by atoms with van der Waals surface area (Å²) in [6.45, 7) is 6.17. The molecule has 0 spiro atoms. The average Bonchev–Trinajstić information content (AvgIpc) is 2.67. The topological polar surface area (TPSA) is 53.1 Å². The van der Waals surface area contributed by atoms with Crippen LogP contribution in [0.2, 0.25) is 5.02 Å². The summed E-state index contributed by atoms with van der Waals surface area (Å²) in [5.41, 5.74) is 7.10. The Labute approximate surface area is 108 Å². The molecule has 0 aliphatic heterocycles. The van der Waals surface area contributed by atoms with Crippen LogP contribution in [0.4, 0.5) is 0 Å². The molecule has 0 saturated carbocycles. The molecule has 0 aliphatic carbocycles. The number of methoxy groups -OCH3 is 1. The van der Waals surface area contributed by atoms with E-state index in [1.807, 2.05) is 11.6 Å². The van der Waals surface area contributed by atoms with Gasteiger partial charge in [0.15, 0.2) is 0 Å². The third-order valence-electron chi connectivity index (χ3n) is 2.91. The van der Waals surface area contributed by atoms with E-state index in [1.54, 1.807) is 13.3 Å². The minimum atomic E-state index is -0.0926. The maximum atomic E-state index is 6.18. The van der Waals surface area contributed by atoms with E-state index >= 15 is 0 Å². The third-order valence-corrected chi connectivity index (χ3v) is 3.21. The van der Waals surface area contributed by atoms with Crippen molar-refractivity contribution in [3.05, 3.63) is 16.9 Å². The molecule has 4 nitrogen and oxygen atoms in total. The van der Waals surface area contributed by atoms with Crippen LogP contribution in [0.3, 0.4) is 0 Å². The van der Waals surface area contributed by atoms with Gasteiger partial charge in [0.05, 0.1) is 23.0 Å². The van der Waals surface area contributed by atoms with Gasteiger partial charge >= 0.3 is 0 Å². The van der Waals surface area contributed by atoms with E-state index in [2.05, 4.69) is 18.9 Å². The molecule has 0 amide bonds. The lowest BCUT2D eigenvalue weighted by Gasteiger charge is -2.18. The monoisotopic (exact) mass is 259 g/mol. The van der Waals surface area contributed by atoms with E-state index in [-0.39, 0.29) is 18.2 Å². The molecule has 1 heterocycles. The predicted molar refractivity (Wildman–Crippen MR) is 70.3 cm³/mol. The molecule has 17 heavy (non-hydrogen) atoms. The number of hydrogen-bond acceptors (Lipinski definition) is 3. The van der Waals surface area contributed by atoms with Gasteiger partial charge < -0.3 is 10.5 Å². The number of hydrogen-bond donors (Lipinski definition) is 1. The summed E-state index contributed by atoms with van der Waals surface area (Å²) in [4.78, 5) is 0. The van der Waals surface area contributed by atoms with Crippen LogP contribution >= 0.6 is 11.6 Å². The number of nitrogens with two attached hydrogens (primary N) is 1. The van der Waals surface area contributed by atoms with Gasteiger partial charge in [-0.1, -0.05) is 11.6 Å². The van der Waals surface area contributed by atoms with Gasteiger partial charge in [-0.3, -0.25) is 4.68 Å². The number of nitrogens with zero attached hydrogens (tertiary/aromatic N) is 2. The minimum Gasteiger partial charge on any atom is -0.382 e. The van der Waals surface area contributed by atoms with E-state index in [0.29, 0.717) is 5.02 Å². The molecule has 98 valence electrons. The number of halogens is 1. The van der Waals surface area contributed by atoms with Crippen molar-refractivity contribution in [2.24, 2.45) is 5.73 Å². The molecular weight excluding hydrogens is 238 g/mol. The second-order valence-electron chi connectivity index (χ2n) is 4.65. The summed E-state index contributed by atoms with van der Waals surface area (Å²) in [7, 11) is 1.71. The van der Waals surface area contributed by atoms with Gasteiger partial charge in [0.1, 0.15) is 0 Å². The molecule has 5 heteroatoms. The fourth-order valence-corrected chi connectivity index (χ4v) is 2.05. The van der Waals surface area contributed by atoms with Gasteiger partial charge in [-0.05, 0) is 33.6 Å². The maximum Gasteiger partial charge on any atom is 0.0834 e. The quantitative estimate of drug-likeness (QED) is 0.855. The smallest absolute Gasteiger partial charge is 0.0834 e. The van der Waals surface area contributed by atoms with E-state index < -0.39 is 0 Å². The summed E-state index contributed by atoms with van der Waals surface area (Å²) in [6, 6.07) is 0.174. The zero-order valence-corrected chi connectivity index (χ0v) is 11.7. The first-order valence-electron chi connectivity index (χ1n) is 5.98. The van der Waals surface area contributed by atoms with Crippen LogP contribution < -0.4 is 5.73 Å². The van der Waals surface area contributed by atoms with Gasteiger partial charge in [0.2, 0.25) is 0 Å². The summed E-state index contributed by atoms with van der Waals surface area (Å²) in [5, 5.41) is 4.91. The average molecular weight is 260 g/mol. The van der Waals surface area contributed by atoms with Crippen molar-refractivity contribution in [1.82, 2.24) is 9.78 Å². The van der Waals surface area contributed by atoms with E-state index in [9.17, 15) is 0 Å². The lowest BCUT2D eigenvalue weighted by atomic mass is 10.1. The van der Waals surface area contributed by atoms with Crippen molar-refractivity contribution in [1.29, 1.82) is 0 Å². The van der Waals surface area contributed by atoms with Crippen molar-refractivity contribution in [3.63, 3.8) is 0 Å². The second-order valence-corrected chi connectivity index (χ2v) is 5.05. The van der Waals surface area contributed by atoms with Crippen molar-refractivity contribution in [3.8, 4) is 0 Å². The minimum absolute atomic E-state index is 0.0926. The van der Waals surface area contributed by atoms with Gasteiger partial charge in [-0.15, -0.1) is 0 Å². The van der Waals surface area contributed by atoms with E-state index in [4.69, 9.17) is 22.1 Å². The zero-order valence-electron chi connectivity index (χ0n) is 11.0. The molecule has 0 bridgehead atoms. The molecule has 2 atom stereocenters. The first-order chi connectivity index (χ1) is 7.97. The van der Waals surface area contributed by atoms with Crippen LogP contribution in [0.1, 0.15) is 51.4 Å². The first-order valence-corrected chi connectivity index (χ1v) is 6.36. The molecule has 2 N–H and O–H groups in total. The molecule has 0 aromatic carbocycles. The highest BCUT2D eigenvalue weighted by molar-refractivity contribution is 6.31. The molecular formula is C12H22ClN3O. The standard InChI is InChI=1S/C12H22ClN3O/c1-8(2)16-12(10(13)7-15-16)11(14)6-5-9(3)17-4/h7-9,11H,5-6,14H2,1-4H3. The Balaban J connectivity index is 2.74. The number of aromatic nitrogens is 2. The lowest BCUT2D eigenvalue weighted by Crippen LogP contribution is -2.19. The van der Waals surface area contributed by atoms with Crippen LogP contribution in [0.5, 0.6) is 0 Å². The molecule has 0 aliphatic rings. The second kappa shape index (κ2) is 6.38. The molecule has 1 rings (SSSR count). The van der Waals surface area contributed by atoms with E-state index in [1.165, 1.54) is 0 Å². The van der Waals surface area contributed by atoms with Gasteiger partial charge in [0.25, 0.3) is 0 Å². The van der Waals surface area contributed by atoms with Crippen LogP contribution in [-0.2, 0) is 4.74 Å². The SMILES string of the molecule is COC(C)CCC(N)c1c(Cl)cnn1C(C)C. The summed E-state index contributed by atoms with van der Waals surface area (Å²) < 4.78 is 7.11. The normalized spacial score (nSPS) is 15.2. The Hall–Kier alpha value is -0.580. The van der Waals surface area contributed by atoms with Gasteiger partial charge in [-0.2, -0.15) is 5.10 Å². The number of rotatable bonds is 6. The molecule has 1 aromatic heterocycles. The van der Waals surface area contributed by atoms with E-state index in [0.717, 1.165) is 18.5 Å². The maximum absolute atomic E-state index is 6.18. The Morgan fingerprint density at radius 1 is 1.41 bits per heavy atom. The highest BCUT2D eigenvalue weighted by atomic mass is 35.5. The molecule has 1 aromatic rings. The summed E-state index contributed by atoms with van der Waals surface area (Å²) in [6.07, 6.45) is 3.64. The third kappa shape index (κ3) is 3.69. The fourth-order valence-electron chi connectivity index (χ4n) is 1.78. The van der Waals surface area contributed by atoms with Crippen molar-refractivity contribution >= 4 is 11.6 Å².